The van der Waals surface area contributed by atoms with Crippen LogP contribution in [0.4, 0.5) is 5.82 Å². The third kappa shape index (κ3) is 1.56. The lowest BCUT2D eigenvalue weighted by atomic mass is 10.1. The summed E-state index contributed by atoms with van der Waals surface area (Å²) in [7, 11) is 0. The lowest BCUT2D eigenvalue weighted by molar-refractivity contribution is 0.0698. The third-order valence-corrected chi connectivity index (χ3v) is 2.04. The highest BCUT2D eigenvalue weighted by molar-refractivity contribution is 5.98. The first-order chi connectivity index (χ1) is 7.59. The van der Waals surface area contributed by atoms with Crippen molar-refractivity contribution >= 4 is 11.8 Å². The number of phenols is 1. The zero-order chi connectivity index (χ0) is 11.7. The number of anilines is 1. The van der Waals surface area contributed by atoms with Gasteiger partial charge in [-0.15, -0.1) is 0 Å². The molecule has 0 amide bonds. The van der Waals surface area contributed by atoms with Crippen LogP contribution in [0.1, 0.15) is 10.4 Å². The van der Waals surface area contributed by atoms with E-state index in [1.807, 2.05) is 0 Å². The van der Waals surface area contributed by atoms with Crippen LogP contribution in [0.2, 0.25) is 0 Å². The number of nitrogen functional groups attached to an aromatic ring is 1. The fourth-order valence-corrected chi connectivity index (χ4v) is 1.35. The summed E-state index contributed by atoms with van der Waals surface area (Å²) < 4.78 is 4.83. The van der Waals surface area contributed by atoms with Gasteiger partial charge in [-0.3, -0.25) is 0 Å². The van der Waals surface area contributed by atoms with Crippen LogP contribution in [0.15, 0.2) is 28.8 Å². The predicted octanol–water partition coefficient (Wildman–Crippen LogP) is 1.33. The third-order valence-electron chi connectivity index (χ3n) is 2.04. The number of carboxylic acids is 1. The fraction of sp³-hybridized carbons (Fsp3) is 0. The molecule has 0 radical (unpaired) electrons. The molecule has 0 aliphatic rings. The number of carboxylic acid groups (broad SMARTS) is 1. The topological polar surface area (TPSA) is 110 Å². The summed E-state index contributed by atoms with van der Waals surface area (Å²) >= 11 is 0. The van der Waals surface area contributed by atoms with Gasteiger partial charge in [0.1, 0.15) is 5.75 Å². The summed E-state index contributed by atoms with van der Waals surface area (Å²) in [4.78, 5) is 10.9. The molecule has 0 atom stereocenters. The second kappa shape index (κ2) is 3.58. The number of aromatic carboxylic acids is 1. The van der Waals surface area contributed by atoms with E-state index in [0.717, 1.165) is 0 Å². The minimum Gasteiger partial charge on any atom is -0.508 e. The molecule has 0 fully saturated rings. The summed E-state index contributed by atoms with van der Waals surface area (Å²) in [6.07, 6.45) is 0. The molecule has 0 saturated carbocycles. The summed E-state index contributed by atoms with van der Waals surface area (Å²) in [6, 6.07) is 5.98. The van der Waals surface area contributed by atoms with Gasteiger partial charge < -0.3 is 20.5 Å². The van der Waals surface area contributed by atoms with Crippen LogP contribution in [0, 0.1) is 0 Å². The summed E-state index contributed by atoms with van der Waals surface area (Å²) in [5.41, 5.74) is 5.57. The first-order valence-electron chi connectivity index (χ1n) is 4.37. The van der Waals surface area contributed by atoms with E-state index in [0.29, 0.717) is 5.56 Å². The smallest absolute Gasteiger partial charge is 0.343 e. The van der Waals surface area contributed by atoms with E-state index in [9.17, 15) is 9.90 Å². The number of nitrogens with zero attached hydrogens (tertiary/aromatic N) is 1. The molecule has 6 heteroatoms. The highest BCUT2D eigenvalue weighted by atomic mass is 16.5. The Kier molecular flexibility index (Phi) is 2.24. The van der Waals surface area contributed by atoms with Crippen molar-refractivity contribution in [2.24, 2.45) is 0 Å². The Morgan fingerprint density at radius 1 is 1.44 bits per heavy atom. The summed E-state index contributed by atoms with van der Waals surface area (Å²) in [6.45, 7) is 0. The number of phenolic OH excluding ortho intramolecular Hbond substituents is 1. The molecule has 16 heavy (non-hydrogen) atoms. The molecule has 6 nitrogen and oxygen atoms in total. The number of benzene rings is 1. The zero-order valence-corrected chi connectivity index (χ0v) is 8.04. The van der Waals surface area contributed by atoms with Gasteiger partial charge in [0.05, 0.1) is 0 Å². The van der Waals surface area contributed by atoms with E-state index in [2.05, 4.69) is 5.16 Å². The Morgan fingerprint density at radius 2 is 2.19 bits per heavy atom. The SMILES string of the molecule is Nc1noc(-c2cccc(O)c2)c1C(=O)O. The zero-order valence-electron chi connectivity index (χ0n) is 8.04. The number of aromatic hydroxyl groups is 1. The predicted molar refractivity (Wildman–Crippen MR) is 55.0 cm³/mol. The van der Waals surface area contributed by atoms with E-state index in [-0.39, 0.29) is 22.9 Å². The minimum atomic E-state index is -1.22. The molecule has 4 N–H and O–H groups in total. The number of carbonyl (C=O) groups is 1. The van der Waals surface area contributed by atoms with Crippen molar-refractivity contribution in [2.45, 2.75) is 0 Å². The van der Waals surface area contributed by atoms with Crippen molar-refractivity contribution in [3.63, 3.8) is 0 Å². The molecule has 0 saturated heterocycles. The molecule has 0 bridgehead atoms. The number of hydrogen-bond donors (Lipinski definition) is 3. The van der Waals surface area contributed by atoms with E-state index in [1.54, 1.807) is 12.1 Å². The maximum absolute atomic E-state index is 10.9. The van der Waals surface area contributed by atoms with Crippen molar-refractivity contribution < 1.29 is 19.5 Å². The molecule has 0 unspecified atom stereocenters. The lowest BCUT2D eigenvalue weighted by Gasteiger charge is -1.98. The van der Waals surface area contributed by atoms with Crippen LogP contribution in [0.5, 0.6) is 5.75 Å². The quantitative estimate of drug-likeness (QED) is 0.704. The molecular formula is C10H8N2O4. The van der Waals surface area contributed by atoms with Crippen molar-refractivity contribution in [2.75, 3.05) is 5.73 Å². The molecule has 1 aromatic heterocycles. The van der Waals surface area contributed by atoms with Gasteiger partial charge in [-0.05, 0) is 12.1 Å². The minimum absolute atomic E-state index is 0.00353. The first kappa shape index (κ1) is 10.0. The van der Waals surface area contributed by atoms with Gasteiger partial charge in [0.15, 0.2) is 17.1 Å². The van der Waals surface area contributed by atoms with Gasteiger partial charge in [-0.1, -0.05) is 17.3 Å². The lowest BCUT2D eigenvalue weighted by Crippen LogP contribution is -2.01. The Morgan fingerprint density at radius 3 is 2.81 bits per heavy atom. The molecule has 82 valence electrons. The largest absolute Gasteiger partial charge is 0.508 e. The Hall–Kier alpha value is -2.50. The van der Waals surface area contributed by atoms with Crippen molar-refractivity contribution in [1.82, 2.24) is 5.16 Å². The average Bonchev–Trinajstić information content (AvgIpc) is 2.60. The first-order valence-corrected chi connectivity index (χ1v) is 4.37. The molecular weight excluding hydrogens is 212 g/mol. The Bertz CT molecular complexity index is 548. The molecule has 0 spiro atoms. The van der Waals surface area contributed by atoms with Gasteiger partial charge in [0.2, 0.25) is 0 Å². The van der Waals surface area contributed by atoms with Crippen LogP contribution in [-0.4, -0.2) is 21.3 Å². The van der Waals surface area contributed by atoms with E-state index < -0.39 is 5.97 Å². The molecule has 2 rings (SSSR count). The normalized spacial score (nSPS) is 10.2. The van der Waals surface area contributed by atoms with Crippen molar-refractivity contribution in [1.29, 1.82) is 0 Å². The number of rotatable bonds is 2. The molecule has 2 aromatic rings. The summed E-state index contributed by atoms with van der Waals surface area (Å²) in [5.74, 6) is -1.38. The van der Waals surface area contributed by atoms with Gasteiger partial charge >= 0.3 is 5.97 Å². The van der Waals surface area contributed by atoms with Crippen LogP contribution in [0.3, 0.4) is 0 Å². The standard InChI is InChI=1S/C10H8N2O4/c11-9-7(10(14)15)8(16-12-9)5-2-1-3-6(13)4-5/h1-4,13H,(H2,11,12)(H,14,15). The van der Waals surface area contributed by atoms with Gasteiger partial charge in [-0.25, -0.2) is 4.79 Å². The van der Waals surface area contributed by atoms with Crippen LogP contribution < -0.4 is 5.73 Å². The second-order valence-corrected chi connectivity index (χ2v) is 3.13. The summed E-state index contributed by atoms with van der Waals surface area (Å²) in [5, 5.41) is 21.6. The maximum Gasteiger partial charge on any atom is 0.343 e. The molecule has 0 aliphatic heterocycles. The molecule has 0 aliphatic carbocycles. The van der Waals surface area contributed by atoms with Crippen molar-refractivity contribution in [3.05, 3.63) is 29.8 Å². The fourth-order valence-electron chi connectivity index (χ4n) is 1.35. The second-order valence-electron chi connectivity index (χ2n) is 3.13. The van der Waals surface area contributed by atoms with E-state index in [4.69, 9.17) is 15.4 Å². The van der Waals surface area contributed by atoms with E-state index >= 15 is 0 Å². The van der Waals surface area contributed by atoms with Gasteiger partial charge in [0, 0.05) is 5.56 Å². The molecule has 1 heterocycles. The highest BCUT2D eigenvalue weighted by Gasteiger charge is 2.21. The van der Waals surface area contributed by atoms with Gasteiger partial charge in [0.25, 0.3) is 0 Å². The Balaban J connectivity index is 2.60. The maximum atomic E-state index is 10.9. The highest BCUT2D eigenvalue weighted by Crippen LogP contribution is 2.29. The number of nitrogens with two attached hydrogens (primary N) is 1. The monoisotopic (exact) mass is 220 g/mol. The van der Waals surface area contributed by atoms with Gasteiger partial charge in [-0.2, -0.15) is 0 Å². The Labute approximate surface area is 89.9 Å². The number of aromatic nitrogens is 1. The van der Waals surface area contributed by atoms with Crippen LogP contribution in [-0.2, 0) is 0 Å². The van der Waals surface area contributed by atoms with Crippen LogP contribution >= 0.6 is 0 Å². The molecule has 1 aromatic carbocycles. The number of hydrogen-bond acceptors (Lipinski definition) is 5. The van der Waals surface area contributed by atoms with Crippen molar-refractivity contribution in [3.8, 4) is 17.1 Å². The average molecular weight is 220 g/mol. The van der Waals surface area contributed by atoms with Crippen LogP contribution in [0.25, 0.3) is 11.3 Å². The van der Waals surface area contributed by atoms with E-state index in [1.165, 1.54) is 12.1 Å².